The Kier molecular flexibility index (Phi) is 7.33. The van der Waals surface area contributed by atoms with Gasteiger partial charge in [-0.05, 0) is 17.7 Å². The van der Waals surface area contributed by atoms with Crippen LogP contribution >= 0.6 is 11.8 Å². The van der Waals surface area contributed by atoms with Crippen LogP contribution in [0.5, 0.6) is 0 Å². The molecule has 0 aliphatic carbocycles. The molecule has 1 heterocycles. The Bertz CT molecular complexity index is 617. The molecule has 0 saturated carbocycles. The number of hydrogen-bond acceptors (Lipinski definition) is 4. The van der Waals surface area contributed by atoms with Gasteiger partial charge in [0.05, 0.1) is 30.3 Å². The molecule has 26 heavy (non-hydrogen) atoms. The van der Waals surface area contributed by atoms with E-state index in [1.807, 2.05) is 0 Å². The molecule has 1 aromatic rings. The van der Waals surface area contributed by atoms with Crippen molar-refractivity contribution in [2.75, 3.05) is 44.9 Å². The van der Waals surface area contributed by atoms with Crippen LogP contribution in [0.4, 0.5) is 13.2 Å². The lowest BCUT2D eigenvalue weighted by molar-refractivity contribution is -0.137. The van der Waals surface area contributed by atoms with Gasteiger partial charge in [-0.3, -0.25) is 9.59 Å². The molecule has 1 aliphatic heterocycles. The quantitative estimate of drug-likeness (QED) is 0.748. The first-order chi connectivity index (χ1) is 12.3. The van der Waals surface area contributed by atoms with Crippen LogP contribution in [0.2, 0.25) is 0 Å². The molecule has 0 atom stereocenters. The molecular formula is C17H21F3N2O3S. The lowest BCUT2D eigenvalue weighted by atomic mass is 10.1. The van der Waals surface area contributed by atoms with Crippen LogP contribution in [0.25, 0.3) is 0 Å². The van der Waals surface area contributed by atoms with Gasteiger partial charge in [0, 0.05) is 26.7 Å². The largest absolute Gasteiger partial charge is 0.416 e. The van der Waals surface area contributed by atoms with Crippen molar-refractivity contribution in [3.05, 3.63) is 35.4 Å². The first-order valence-corrected chi connectivity index (χ1v) is 9.26. The predicted octanol–water partition coefficient (Wildman–Crippen LogP) is 2.26. The number of amides is 2. The molecular weight excluding hydrogens is 369 g/mol. The zero-order chi connectivity index (χ0) is 19.2. The Labute approximate surface area is 154 Å². The fraction of sp³-hybridized carbons (Fsp3) is 0.529. The van der Waals surface area contributed by atoms with E-state index in [9.17, 15) is 22.8 Å². The second-order valence-corrected chi connectivity index (χ2v) is 6.92. The van der Waals surface area contributed by atoms with E-state index in [2.05, 4.69) is 0 Å². The summed E-state index contributed by atoms with van der Waals surface area (Å²) in [4.78, 5) is 27.3. The summed E-state index contributed by atoms with van der Waals surface area (Å²) in [5, 5.41) is 0. The van der Waals surface area contributed by atoms with Gasteiger partial charge in [-0.15, -0.1) is 11.8 Å². The lowest BCUT2D eigenvalue weighted by Gasteiger charge is -2.26. The van der Waals surface area contributed by atoms with Crippen LogP contribution < -0.4 is 0 Å². The summed E-state index contributed by atoms with van der Waals surface area (Å²) < 4.78 is 42.8. The second-order valence-electron chi connectivity index (χ2n) is 5.93. The topological polar surface area (TPSA) is 49.9 Å². The molecule has 1 fully saturated rings. The summed E-state index contributed by atoms with van der Waals surface area (Å²) in [6, 6.07) is 4.73. The summed E-state index contributed by atoms with van der Waals surface area (Å²) in [6.07, 6.45) is -4.37. The number of carbonyl (C=O) groups excluding carboxylic acids is 2. The first kappa shape index (κ1) is 20.6. The highest BCUT2D eigenvalue weighted by atomic mass is 32.2. The van der Waals surface area contributed by atoms with Crippen LogP contribution in [-0.2, 0) is 27.0 Å². The Morgan fingerprint density at radius 1 is 1.15 bits per heavy atom. The molecule has 0 aromatic heterocycles. The molecule has 0 N–H and O–H groups in total. The van der Waals surface area contributed by atoms with Crippen LogP contribution in [0.3, 0.4) is 0 Å². The summed E-state index contributed by atoms with van der Waals surface area (Å²) in [5.41, 5.74) is -0.101. The average molecular weight is 390 g/mol. The molecule has 2 amide bonds. The second kappa shape index (κ2) is 9.27. The van der Waals surface area contributed by atoms with Gasteiger partial charge in [-0.25, -0.2) is 0 Å². The Morgan fingerprint density at radius 3 is 2.35 bits per heavy atom. The normalized spacial score (nSPS) is 15.0. The summed E-state index contributed by atoms with van der Waals surface area (Å²) in [7, 11) is 1.59. The average Bonchev–Trinajstić information content (AvgIpc) is 2.62. The van der Waals surface area contributed by atoms with E-state index in [1.165, 1.54) is 28.8 Å². The van der Waals surface area contributed by atoms with Crippen molar-refractivity contribution in [1.82, 2.24) is 9.80 Å². The molecule has 144 valence electrons. The molecule has 0 bridgehead atoms. The number of halogens is 3. The van der Waals surface area contributed by atoms with Gasteiger partial charge in [0.15, 0.2) is 0 Å². The van der Waals surface area contributed by atoms with E-state index in [1.54, 1.807) is 11.9 Å². The zero-order valence-electron chi connectivity index (χ0n) is 14.4. The standard InChI is InChI=1S/C17H21F3N2O3S/c1-21(10-13-2-4-14(5-3-13)17(18,19)20)15(23)11-26-12-16(24)22-6-8-25-9-7-22/h2-5H,6-12H2,1H3. The van der Waals surface area contributed by atoms with Crippen molar-refractivity contribution >= 4 is 23.6 Å². The summed E-state index contributed by atoms with van der Waals surface area (Å²) in [6.45, 7) is 2.42. The Balaban J connectivity index is 1.74. The maximum absolute atomic E-state index is 12.5. The highest BCUT2D eigenvalue weighted by molar-refractivity contribution is 8.00. The maximum atomic E-state index is 12.5. The number of morpholine rings is 1. The fourth-order valence-corrected chi connectivity index (χ4v) is 3.26. The molecule has 0 spiro atoms. The molecule has 0 unspecified atom stereocenters. The molecule has 5 nitrogen and oxygen atoms in total. The third-order valence-corrected chi connectivity index (χ3v) is 4.84. The van der Waals surface area contributed by atoms with E-state index in [4.69, 9.17) is 4.74 Å². The third kappa shape index (κ3) is 6.21. The van der Waals surface area contributed by atoms with Gasteiger partial charge in [-0.1, -0.05) is 12.1 Å². The molecule has 0 radical (unpaired) electrons. The number of thioether (sulfide) groups is 1. The molecule has 1 aromatic carbocycles. The number of hydrogen-bond donors (Lipinski definition) is 0. The monoisotopic (exact) mass is 390 g/mol. The minimum atomic E-state index is -4.37. The molecule has 9 heteroatoms. The summed E-state index contributed by atoms with van der Waals surface area (Å²) >= 11 is 1.24. The van der Waals surface area contributed by atoms with Crippen molar-refractivity contribution < 1.29 is 27.5 Å². The first-order valence-electron chi connectivity index (χ1n) is 8.11. The van der Waals surface area contributed by atoms with Crippen molar-refractivity contribution in [1.29, 1.82) is 0 Å². The van der Waals surface area contributed by atoms with Gasteiger partial charge in [-0.2, -0.15) is 13.2 Å². The Morgan fingerprint density at radius 2 is 1.77 bits per heavy atom. The number of rotatable bonds is 6. The van der Waals surface area contributed by atoms with Crippen LogP contribution in [0.1, 0.15) is 11.1 Å². The summed E-state index contributed by atoms with van der Waals surface area (Å²) in [5.74, 6) is 0.175. The number of carbonyl (C=O) groups is 2. The van der Waals surface area contributed by atoms with E-state index in [0.717, 1.165) is 12.1 Å². The lowest BCUT2D eigenvalue weighted by Crippen LogP contribution is -2.41. The number of ether oxygens (including phenoxy) is 1. The van der Waals surface area contributed by atoms with Gasteiger partial charge in [0.1, 0.15) is 0 Å². The third-order valence-electron chi connectivity index (χ3n) is 3.94. The SMILES string of the molecule is CN(Cc1ccc(C(F)(F)F)cc1)C(=O)CSCC(=O)N1CCOCC1. The van der Waals surface area contributed by atoms with E-state index in [0.29, 0.717) is 31.9 Å². The zero-order valence-corrected chi connectivity index (χ0v) is 15.2. The Hall–Kier alpha value is -1.74. The van der Waals surface area contributed by atoms with Gasteiger partial charge in [0.2, 0.25) is 11.8 Å². The number of nitrogens with zero attached hydrogens (tertiary/aromatic N) is 2. The molecule has 2 rings (SSSR count). The van der Waals surface area contributed by atoms with Gasteiger partial charge in [0.25, 0.3) is 0 Å². The molecule has 1 saturated heterocycles. The van der Waals surface area contributed by atoms with Gasteiger partial charge >= 0.3 is 6.18 Å². The van der Waals surface area contributed by atoms with Crippen LogP contribution in [0.15, 0.2) is 24.3 Å². The maximum Gasteiger partial charge on any atom is 0.416 e. The highest BCUT2D eigenvalue weighted by Crippen LogP contribution is 2.29. The highest BCUT2D eigenvalue weighted by Gasteiger charge is 2.30. The van der Waals surface area contributed by atoms with Crippen molar-refractivity contribution in [2.45, 2.75) is 12.7 Å². The number of alkyl halides is 3. The fourth-order valence-electron chi connectivity index (χ4n) is 2.40. The smallest absolute Gasteiger partial charge is 0.378 e. The van der Waals surface area contributed by atoms with Gasteiger partial charge < -0.3 is 14.5 Å². The molecule has 1 aliphatic rings. The van der Waals surface area contributed by atoms with Crippen LogP contribution in [0, 0.1) is 0 Å². The van der Waals surface area contributed by atoms with Crippen molar-refractivity contribution in [2.24, 2.45) is 0 Å². The predicted molar refractivity (Wildman–Crippen MR) is 92.6 cm³/mol. The van der Waals surface area contributed by atoms with E-state index >= 15 is 0 Å². The van der Waals surface area contributed by atoms with E-state index < -0.39 is 11.7 Å². The van der Waals surface area contributed by atoms with Crippen molar-refractivity contribution in [3.63, 3.8) is 0 Å². The number of benzene rings is 1. The minimum Gasteiger partial charge on any atom is -0.378 e. The van der Waals surface area contributed by atoms with E-state index in [-0.39, 0.29) is 29.9 Å². The van der Waals surface area contributed by atoms with Crippen LogP contribution in [-0.4, -0.2) is 66.5 Å². The minimum absolute atomic E-state index is 0.0171. The van der Waals surface area contributed by atoms with Crippen molar-refractivity contribution in [3.8, 4) is 0 Å².